The van der Waals surface area contributed by atoms with Gasteiger partial charge in [-0.15, -0.1) is 0 Å². The van der Waals surface area contributed by atoms with Gasteiger partial charge in [-0.3, -0.25) is 10.4 Å². The second kappa shape index (κ2) is 3.99. The Balaban J connectivity index is 2.70. The zero-order chi connectivity index (χ0) is 10.7. The fourth-order valence-corrected chi connectivity index (χ4v) is 0.873. The Hall–Kier alpha value is -1.72. The Morgan fingerprint density at radius 2 is 2.36 bits per heavy atom. The number of hydrogen-bond donors (Lipinski definition) is 3. The topological polar surface area (TPSA) is 87.0 Å². The van der Waals surface area contributed by atoms with Crippen LogP contribution < -0.4 is 11.1 Å². The second-order valence-corrected chi connectivity index (χ2v) is 3.06. The third-order valence-corrected chi connectivity index (χ3v) is 2.04. The molecule has 0 radical (unpaired) electrons. The highest BCUT2D eigenvalue weighted by Gasteiger charge is 2.11. The van der Waals surface area contributed by atoms with E-state index in [1.165, 1.54) is 4.90 Å². The molecule has 6 heteroatoms. The van der Waals surface area contributed by atoms with Crippen molar-refractivity contribution in [1.29, 1.82) is 0 Å². The molecule has 0 saturated heterocycles. The van der Waals surface area contributed by atoms with E-state index in [0.29, 0.717) is 18.1 Å². The highest BCUT2D eigenvalue weighted by Crippen LogP contribution is 2.17. The van der Waals surface area contributed by atoms with Gasteiger partial charge in [-0.1, -0.05) is 0 Å². The molecule has 0 aliphatic rings. The molecule has 0 spiro atoms. The Labute approximate surface area is 82.5 Å². The van der Waals surface area contributed by atoms with Gasteiger partial charge in [0.15, 0.2) is 5.82 Å². The highest BCUT2D eigenvalue weighted by molar-refractivity contribution is 5.91. The highest BCUT2D eigenvalue weighted by atomic mass is 16.2. The number of nitrogens with zero attached hydrogens (tertiary/aromatic N) is 2. The number of anilines is 2. The van der Waals surface area contributed by atoms with Gasteiger partial charge in [-0.25, -0.2) is 4.79 Å². The van der Waals surface area contributed by atoms with Crippen LogP contribution in [-0.2, 0) is 0 Å². The first-order valence-electron chi connectivity index (χ1n) is 4.38. The largest absolute Gasteiger partial charge is 0.394 e. The van der Waals surface area contributed by atoms with Crippen LogP contribution in [0.2, 0.25) is 0 Å². The Bertz CT molecular complexity index is 332. The summed E-state index contributed by atoms with van der Waals surface area (Å²) >= 11 is 0. The molecular formula is C8H15N5O. The lowest BCUT2D eigenvalue weighted by Crippen LogP contribution is -2.31. The minimum absolute atomic E-state index is 0.217. The number of carbonyl (C=O) groups is 1. The summed E-state index contributed by atoms with van der Waals surface area (Å²) in [5.41, 5.74) is 6.89. The normalized spacial score (nSPS) is 9.93. The summed E-state index contributed by atoms with van der Waals surface area (Å²) in [5.74, 6) is 0.382. The standard InChI is InChI=1S/C8H15N5O/c1-4-13(3)8(14)10-7-6(9)5(2)11-12-7/h4,9H2,1-3H3,(H2,10,11,12,14). The van der Waals surface area contributed by atoms with Gasteiger partial charge in [0.25, 0.3) is 0 Å². The molecule has 1 aromatic rings. The maximum atomic E-state index is 11.4. The smallest absolute Gasteiger partial charge is 0.322 e. The quantitative estimate of drug-likeness (QED) is 0.654. The molecular weight excluding hydrogens is 182 g/mol. The van der Waals surface area contributed by atoms with Gasteiger partial charge in [-0.2, -0.15) is 5.10 Å². The van der Waals surface area contributed by atoms with Crippen LogP contribution in [0.15, 0.2) is 0 Å². The number of urea groups is 1. The Morgan fingerprint density at radius 3 is 2.79 bits per heavy atom. The first kappa shape index (κ1) is 10.4. The zero-order valence-corrected chi connectivity index (χ0v) is 8.59. The second-order valence-electron chi connectivity index (χ2n) is 3.06. The molecule has 0 aliphatic heterocycles. The SMILES string of the molecule is CCN(C)C(=O)Nc1n[nH]c(C)c1N. The average molecular weight is 197 g/mol. The van der Waals surface area contributed by atoms with Crippen LogP contribution in [0, 0.1) is 6.92 Å². The molecule has 0 fully saturated rings. The fraction of sp³-hybridized carbons (Fsp3) is 0.500. The van der Waals surface area contributed by atoms with Crippen molar-refractivity contribution >= 4 is 17.5 Å². The Morgan fingerprint density at radius 1 is 1.71 bits per heavy atom. The average Bonchev–Trinajstić information content (AvgIpc) is 2.48. The van der Waals surface area contributed by atoms with E-state index in [2.05, 4.69) is 15.5 Å². The van der Waals surface area contributed by atoms with Crippen molar-refractivity contribution in [2.45, 2.75) is 13.8 Å². The molecule has 2 amide bonds. The number of aromatic amines is 1. The molecule has 4 N–H and O–H groups in total. The van der Waals surface area contributed by atoms with Crippen LogP contribution >= 0.6 is 0 Å². The Kier molecular flexibility index (Phi) is 2.95. The summed E-state index contributed by atoms with van der Waals surface area (Å²) in [5, 5.41) is 9.16. The number of amides is 2. The first-order valence-corrected chi connectivity index (χ1v) is 4.38. The van der Waals surface area contributed by atoms with Gasteiger partial charge in [0, 0.05) is 13.6 Å². The summed E-state index contributed by atoms with van der Waals surface area (Å²) in [6, 6.07) is -0.217. The minimum atomic E-state index is -0.217. The van der Waals surface area contributed by atoms with Crippen LogP contribution in [0.5, 0.6) is 0 Å². The molecule has 1 rings (SSSR count). The fourth-order valence-electron chi connectivity index (χ4n) is 0.873. The lowest BCUT2D eigenvalue weighted by Gasteiger charge is -2.14. The molecule has 14 heavy (non-hydrogen) atoms. The maximum absolute atomic E-state index is 11.4. The predicted molar refractivity (Wildman–Crippen MR) is 55.1 cm³/mol. The number of carbonyl (C=O) groups excluding carboxylic acids is 1. The third kappa shape index (κ3) is 1.95. The molecule has 1 aromatic heterocycles. The lowest BCUT2D eigenvalue weighted by atomic mass is 10.4. The molecule has 6 nitrogen and oxygen atoms in total. The van der Waals surface area contributed by atoms with Gasteiger partial charge in [0.2, 0.25) is 0 Å². The summed E-state index contributed by atoms with van der Waals surface area (Å²) < 4.78 is 0. The number of rotatable bonds is 2. The van der Waals surface area contributed by atoms with E-state index in [1.54, 1.807) is 14.0 Å². The molecule has 1 heterocycles. The van der Waals surface area contributed by atoms with Gasteiger partial charge in [0.05, 0.1) is 11.4 Å². The van der Waals surface area contributed by atoms with Gasteiger partial charge >= 0.3 is 6.03 Å². The predicted octanol–water partition coefficient (Wildman–Crippen LogP) is 0.784. The number of nitrogens with two attached hydrogens (primary N) is 1. The van der Waals surface area contributed by atoms with Crippen LogP contribution in [0.1, 0.15) is 12.6 Å². The summed E-state index contributed by atoms with van der Waals surface area (Å²) in [7, 11) is 1.70. The van der Waals surface area contributed by atoms with Crippen LogP contribution in [0.4, 0.5) is 16.3 Å². The summed E-state index contributed by atoms with van der Waals surface area (Å²) in [6.45, 7) is 4.31. The zero-order valence-electron chi connectivity index (χ0n) is 8.59. The number of aromatic nitrogens is 2. The number of hydrogen-bond acceptors (Lipinski definition) is 3. The molecule has 0 unspecified atom stereocenters. The van der Waals surface area contributed by atoms with Crippen LogP contribution in [-0.4, -0.2) is 34.7 Å². The van der Waals surface area contributed by atoms with Crippen molar-refractivity contribution < 1.29 is 4.79 Å². The van der Waals surface area contributed by atoms with Crippen molar-refractivity contribution in [3.05, 3.63) is 5.69 Å². The van der Waals surface area contributed by atoms with Crippen LogP contribution in [0.25, 0.3) is 0 Å². The third-order valence-electron chi connectivity index (χ3n) is 2.04. The van der Waals surface area contributed by atoms with E-state index in [9.17, 15) is 4.79 Å². The molecule has 0 bridgehead atoms. The minimum Gasteiger partial charge on any atom is -0.394 e. The molecule has 0 aromatic carbocycles. The lowest BCUT2D eigenvalue weighted by molar-refractivity contribution is 0.224. The number of H-pyrrole nitrogens is 1. The van der Waals surface area contributed by atoms with Crippen molar-refractivity contribution in [3.8, 4) is 0 Å². The van der Waals surface area contributed by atoms with Gasteiger partial charge in [0.1, 0.15) is 0 Å². The summed E-state index contributed by atoms with van der Waals surface area (Å²) in [4.78, 5) is 12.9. The van der Waals surface area contributed by atoms with E-state index in [1.807, 2.05) is 6.92 Å². The van der Waals surface area contributed by atoms with E-state index in [0.717, 1.165) is 5.69 Å². The van der Waals surface area contributed by atoms with Crippen LogP contribution in [0.3, 0.4) is 0 Å². The maximum Gasteiger partial charge on any atom is 0.322 e. The van der Waals surface area contributed by atoms with Crippen molar-refractivity contribution in [3.63, 3.8) is 0 Å². The molecule has 0 aliphatic carbocycles. The van der Waals surface area contributed by atoms with Crippen molar-refractivity contribution in [1.82, 2.24) is 15.1 Å². The van der Waals surface area contributed by atoms with Crippen molar-refractivity contribution in [2.75, 3.05) is 24.6 Å². The molecule has 0 saturated carbocycles. The number of nitrogen functional groups attached to an aromatic ring is 1. The summed E-state index contributed by atoms with van der Waals surface area (Å²) in [6.07, 6.45) is 0. The van der Waals surface area contributed by atoms with Crippen molar-refractivity contribution in [2.24, 2.45) is 0 Å². The van der Waals surface area contributed by atoms with Gasteiger partial charge in [-0.05, 0) is 13.8 Å². The van der Waals surface area contributed by atoms with Gasteiger partial charge < -0.3 is 10.6 Å². The first-order chi connectivity index (χ1) is 6.56. The molecule has 0 atom stereocenters. The van der Waals surface area contributed by atoms with E-state index >= 15 is 0 Å². The number of aryl methyl sites for hydroxylation is 1. The number of nitrogens with one attached hydrogen (secondary N) is 2. The van der Waals surface area contributed by atoms with E-state index in [4.69, 9.17) is 5.73 Å². The van der Waals surface area contributed by atoms with E-state index in [-0.39, 0.29) is 6.03 Å². The van der Waals surface area contributed by atoms with E-state index < -0.39 is 0 Å². The molecule has 78 valence electrons. The monoisotopic (exact) mass is 197 g/mol.